The molecule has 0 spiro atoms. The predicted octanol–water partition coefficient (Wildman–Crippen LogP) is 8.05. The van der Waals surface area contributed by atoms with Gasteiger partial charge >= 0.3 is 0 Å². The molecule has 6 aromatic rings. The lowest BCUT2D eigenvalue weighted by atomic mass is 9.97. The number of ether oxygens (including phenoxy) is 2. The fraction of sp³-hybridized carbons (Fsp3) is 0.585. The largest absolute Gasteiger partial charge is 0.454 e. The van der Waals surface area contributed by atoms with E-state index in [-0.39, 0.29) is 48.2 Å². The summed E-state index contributed by atoms with van der Waals surface area (Å²) in [5.74, 6) is 2.36. The maximum atomic E-state index is 10.6. The van der Waals surface area contributed by atoms with Crippen molar-refractivity contribution in [3.05, 3.63) is 59.4 Å². The summed E-state index contributed by atoms with van der Waals surface area (Å²) in [6.45, 7) is 26.0. The smallest absolute Gasteiger partial charge is 0.224 e. The number of hydrogen-bond donors (Lipinski definition) is 8. The molecule has 18 heteroatoms. The van der Waals surface area contributed by atoms with Crippen LogP contribution in [0.5, 0.6) is 0 Å². The quantitative estimate of drug-likeness (QED) is 0.0514. The summed E-state index contributed by atoms with van der Waals surface area (Å²) in [7, 11) is 0. The summed E-state index contributed by atoms with van der Waals surface area (Å²) in [6, 6.07) is 7.48. The highest BCUT2D eigenvalue weighted by atomic mass is 16.8. The minimum absolute atomic E-state index is 0.0149. The summed E-state index contributed by atoms with van der Waals surface area (Å²) < 4.78 is 24.8. The fourth-order valence-corrected chi connectivity index (χ4v) is 9.61. The topological polar surface area (TPSA) is 251 Å². The van der Waals surface area contributed by atoms with Crippen LogP contribution in [0.1, 0.15) is 105 Å². The van der Waals surface area contributed by atoms with E-state index in [9.17, 15) is 20.4 Å². The van der Waals surface area contributed by atoms with Crippen LogP contribution in [-0.2, 0) is 22.3 Å². The molecule has 1 saturated heterocycles. The van der Waals surface area contributed by atoms with Gasteiger partial charge < -0.3 is 60.0 Å². The molecule has 0 bridgehead atoms. The van der Waals surface area contributed by atoms with Crippen molar-refractivity contribution in [1.29, 1.82) is 0 Å². The third-order valence-corrected chi connectivity index (χ3v) is 13.4. The van der Waals surface area contributed by atoms with Gasteiger partial charge in [0.1, 0.15) is 35.4 Å². The highest BCUT2D eigenvalue weighted by Crippen LogP contribution is 2.44. The number of aryl methyl sites for hydroxylation is 4. The van der Waals surface area contributed by atoms with Gasteiger partial charge in [-0.1, -0.05) is 55.4 Å². The number of nitrogens with one attached hydrogen (secondary N) is 4. The minimum Gasteiger partial charge on any atom is -0.454 e. The van der Waals surface area contributed by atoms with Crippen molar-refractivity contribution in [3.8, 4) is 22.6 Å². The first-order valence-electron chi connectivity index (χ1n) is 25.0. The lowest BCUT2D eigenvalue weighted by molar-refractivity contribution is -0.158. The highest BCUT2D eigenvalue weighted by Gasteiger charge is 2.54. The van der Waals surface area contributed by atoms with E-state index in [0.29, 0.717) is 71.3 Å². The number of aliphatic hydroxyl groups is 4. The van der Waals surface area contributed by atoms with E-state index in [4.69, 9.17) is 33.3 Å². The second-order valence-corrected chi connectivity index (χ2v) is 22.3. The van der Waals surface area contributed by atoms with Crippen molar-refractivity contribution >= 4 is 45.5 Å². The van der Waals surface area contributed by atoms with E-state index >= 15 is 0 Å². The van der Waals surface area contributed by atoms with Gasteiger partial charge in [0.05, 0.1) is 59.2 Å². The predicted molar refractivity (Wildman–Crippen MR) is 275 cm³/mol. The standard InChI is InChI=1S/C28H39N5O4.C25H35N5O4/c1-8-18-9-16-11-20(35-21(16)12-29-18)22-15(2)31-26(30-14-27(3,4)5)33-25(22)32-19-10-17(13-34)23-24(19)37-28(6,7)36-23;1-6-16-7-14-9-18(34-19(14)10-26-16)20-13(2)28-24(27-12-25(3,4)5)30-23(20)29-17-8-15(11-31)21(32)22(17)33/h9,11-12,17,19,23-24,34H,8,10,13-14H2,1-7H3,(H2,30,31,32,33);7,9-10,15,17,21-22,31-33H,6,8,11-12H2,1-5H3,(H2,27,28,29,30)/t17-,19-,23-,24+;15-,17-,21-,22+/m11/s1. The summed E-state index contributed by atoms with van der Waals surface area (Å²) in [5.41, 5.74) is 6.49. The fourth-order valence-electron chi connectivity index (χ4n) is 9.61. The van der Waals surface area contributed by atoms with Gasteiger partial charge in [0.15, 0.2) is 17.0 Å². The Bertz CT molecular complexity index is 2820. The first kappa shape index (κ1) is 51.8. The van der Waals surface area contributed by atoms with Gasteiger partial charge in [-0.15, -0.1) is 0 Å². The number of aromatic nitrogens is 6. The zero-order valence-electron chi connectivity index (χ0n) is 43.3. The van der Waals surface area contributed by atoms with E-state index < -0.39 is 30.0 Å². The molecule has 18 nitrogen and oxygen atoms in total. The van der Waals surface area contributed by atoms with Crippen LogP contribution in [0, 0.1) is 36.5 Å². The molecule has 3 aliphatic rings. The Morgan fingerprint density at radius 2 is 1.07 bits per heavy atom. The monoisotopic (exact) mass is 979 g/mol. The van der Waals surface area contributed by atoms with Gasteiger partial charge in [0.2, 0.25) is 11.9 Å². The maximum Gasteiger partial charge on any atom is 0.224 e. The molecule has 6 aromatic heterocycles. The minimum atomic E-state index is -1.03. The van der Waals surface area contributed by atoms with Gasteiger partial charge in [-0.3, -0.25) is 9.97 Å². The van der Waals surface area contributed by atoms with Crippen molar-refractivity contribution in [1.82, 2.24) is 29.9 Å². The number of furan rings is 2. The van der Waals surface area contributed by atoms with Crippen molar-refractivity contribution in [2.24, 2.45) is 22.7 Å². The molecule has 71 heavy (non-hydrogen) atoms. The molecule has 1 aliphatic heterocycles. The molecule has 0 unspecified atom stereocenters. The third-order valence-electron chi connectivity index (χ3n) is 13.4. The normalized spacial score (nSPS) is 24.0. The molecular weight excluding hydrogens is 905 g/mol. The van der Waals surface area contributed by atoms with E-state index in [0.717, 1.165) is 58.4 Å². The SMILES string of the molecule is CCc1cc2cc(-c3c(C)nc(NCC(C)(C)C)nc3N[C@@H]3C[C@H](CO)[C@@H](O)[C@H]3O)oc2cn1.CCc1cc2cc(-c3c(C)nc(NCC(C)(C)C)nc3N[C@@H]3C[C@H](CO)[C@H]4OC(C)(C)O[C@H]43)oc2cn1. The van der Waals surface area contributed by atoms with Crippen molar-refractivity contribution in [3.63, 3.8) is 0 Å². The van der Waals surface area contributed by atoms with Crippen molar-refractivity contribution in [2.75, 3.05) is 47.6 Å². The highest BCUT2D eigenvalue weighted by molar-refractivity contribution is 5.87. The van der Waals surface area contributed by atoms with E-state index in [1.54, 1.807) is 12.4 Å². The molecule has 2 saturated carbocycles. The molecule has 2 aliphatic carbocycles. The maximum absolute atomic E-state index is 10.6. The van der Waals surface area contributed by atoms with Crippen LogP contribution < -0.4 is 21.3 Å². The molecule has 384 valence electrons. The number of fused-ring (bicyclic) bond motifs is 3. The third kappa shape index (κ3) is 11.7. The molecule has 0 aromatic carbocycles. The molecule has 7 heterocycles. The van der Waals surface area contributed by atoms with Gasteiger partial charge in [-0.2, -0.15) is 9.97 Å². The van der Waals surface area contributed by atoms with Crippen molar-refractivity contribution in [2.45, 2.75) is 151 Å². The van der Waals surface area contributed by atoms with Gasteiger partial charge in [0.25, 0.3) is 0 Å². The van der Waals surface area contributed by atoms with Gasteiger partial charge in [0, 0.05) is 60.3 Å². The molecule has 8 N–H and O–H groups in total. The molecule has 8 atom stereocenters. The molecule has 0 amide bonds. The van der Waals surface area contributed by atoms with E-state index in [1.165, 1.54) is 0 Å². The Hall–Kier alpha value is -5.50. The molecule has 0 radical (unpaired) electrons. The zero-order chi connectivity index (χ0) is 51.2. The average Bonchev–Trinajstić information content (AvgIpc) is 4.12. The Balaban J connectivity index is 0.000000191. The second kappa shape index (κ2) is 20.5. The van der Waals surface area contributed by atoms with Crippen LogP contribution in [0.25, 0.3) is 44.6 Å². The second-order valence-electron chi connectivity index (χ2n) is 22.3. The van der Waals surface area contributed by atoms with E-state index in [1.807, 2.05) is 45.9 Å². The van der Waals surface area contributed by atoms with Crippen LogP contribution in [0.3, 0.4) is 0 Å². The zero-order valence-corrected chi connectivity index (χ0v) is 43.3. The number of rotatable bonds is 14. The van der Waals surface area contributed by atoms with Crippen LogP contribution in [0.15, 0.2) is 45.5 Å². The van der Waals surface area contributed by atoms with Gasteiger partial charge in [-0.05, 0) is 88.5 Å². The summed E-state index contributed by atoms with van der Waals surface area (Å²) in [4.78, 5) is 28.0. The number of aliphatic hydroxyl groups excluding tert-OH is 4. The molecule has 9 rings (SSSR count). The molecular formula is C53H74N10O8. The number of pyridine rings is 2. The van der Waals surface area contributed by atoms with Crippen LogP contribution in [0.2, 0.25) is 0 Å². The lowest BCUT2D eigenvalue weighted by Crippen LogP contribution is -2.35. The first-order chi connectivity index (χ1) is 33.5. The summed E-state index contributed by atoms with van der Waals surface area (Å²) in [6.07, 6.45) is 3.90. The Kier molecular flexibility index (Phi) is 15.0. The van der Waals surface area contributed by atoms with Gasteiger partial charge in [-0.25, -0.2) is 9.97 Å². The number of anilines is 4. The van der Waals surface area contributed by atoms with Crippen molar-refractivity contribution < 1.29 is 38.7 Å². The van der Waals surface area contributed by atoms with Crippen LogP contribution in [0.4, 0.5) is 23.5 Å². The Labute approximate surface area is 416 Å². The number of hydrogen-bond acceptors (Lipinski definition) is 18. The lowest BCUT2D eigenvalue weighted by Gasteiger charge is -2.25. The average molecular weight is 979 g/mol. The summed E-state index contributed by atoms with van der Waals surface area (Å²) >= 11 is 0. The van der Waals surface area contributed by atoms with E-state index in [2.05, 4.69) is 97.7 Å². The Morgan fingerprint density at radius 1 is 0.620 bits per heavy atom. The van der Waals surface area contributed by atoms with Crippen LogP contribution >= 0.6 is 0 Å². The summed E-state index contributed by atoms with van der Waals surface area (Å²) in [5, 5.41) is 56.1. The number of nitrogens with zero attached hydrogens (tertiary/aromatic N) is 6. The molecule has 3 fully saturated rings. The Morgan fingerprint density at radius 3 is 1.51 bits per heavy atom. The first-order valence-corrected chi connectivity index (χ1v) is 25.0. The van der Waals surface area contributed by atoms with Crippen LogP contribution in [-0.4, -0.2) is 119 Å².